The minimum absolute atomic E-state index is 1.36. The van der Waals surface area contributed by atoms with E-state index in [9.17, 15) is 27.2 Å². The number of ether oxygens (including phenoxy) is 1. The van der Waals surface area contributed by atoms with Crippen molar-refractivity contribution < 1.29 is 31.9 Å². The number of esters is 2. The fraction of sp³-hybridized carbons (Fsp3) is 0.600. The second kappa shape index (κ2) is 4.68. The van der Waals surface area contributed by atoms with Crippen LogP contribution in [0.3, 0.4) is 0 Å². The van der Waals surface area contributed by atoms with Crippen LogP contribution in [0.5, 0.6) is 0 Å². The lowest BCUT2D eigenvalue weighted by Gasteiger charge is -2.00. The average Bonchev–Trinajstić information content (AvgIpc) is 1.84. The number of carbonyl (C=O) groups is 2. The summed E-state index contributed by atoms with van der Waals surface area (Å²) in [5, 5.41) is 0. The minimum Gasteiger partial charge on any atom is -0.389 e. The lowest BCUT2D eigenvalue weighted by atomic mass is 10.4. The Kier molecular flexibility index (Phi) is 4.24. The van der Waals surface area contributed by atoms with E-state index in [0.29, 0.717) is 0 Å². The predicted molar refractivity (Wildman–Crippen MR) is 27.7 cm³/mol. The molecular weight excluding hydrogens is 184 g/mol. The monoisotopic (exact) mass is 188 g/mol. The van der Waals surface area contributed by atoms with Crippen LogP contribution in [0.4, 0.5) is 17.6 Å². The smallest absolute Gasteiger partial charge is 0.381 e. The summed E-state index contributed by atoms with van der Waals surface area (Å²) in [5.41, 5.74) is 0. The second-order valence-corrected chi connectivity index (χ2v) is 1.69. The number of halogens is 4. The van der Waals surface area contributed by atoms with Gasteiger partial charge in [-0.15, -0.1) is 0 Å². The molecule has 0 N–H and O–H groups in total. The molecule has 0 saturated heterocycles. The van der Waals surface area contributed by atoms with Crippen molar-refractivity contribution in [3.05, 3.63) is 0 Å². The molecular formula is C5H4F4O3. The third-order valence-electron chi connectivity index (χ3n) is 0.714. The summed E-state index contributed by atoms with van der Waals surface area (Å²) in [6.07, 6.45) is -7.85. The van der Waals surface area contributed by atoms with Gasteiger partial charge in [-0.3, -0.25) is 4.79 Å². The molecule has 0 heterocycles. The zero-order valence-corrected chi connectivity index (χ0v) is 5.60. The molecule has 0 rings (SSSR count). The van der Waals surface area contributed by atoms with Gasteiger partial charge in [-0.2, -0.15) is 8.78 Å². The van der Waals surface area contributed by atoms with Crippen molar-refractivity contribution in [3.63, 3.8) is 0 Å². The van der Waals surface area contributed by atoms with E-state index in [1.807, 2.05) is 0 Å². The maximum absolute atomic E-state index is 11.3. The Balaban J connectivity index is 3.77. The molecule has 3 nitrogen and oxygen atoms in total. The van der Waals surface area contributed by atoms with Gasteiger partial charge in [0, 0.05) is 0 Å². The van der Waals surface area contributed by atoms with Gasteiger partial charge in [0.2, 0.25) is 6.43 Å². The van der Waals surface area contributed by atoms with E-state index < -0.39 is 31.2 Å². The van der Waals surface area contributed by atoms with E-state index in [0.717, 1.165) is 0 Å². The molecule has 0 atom stereocenters. The van der Waals surface area contributed by atoms with Crippen LogP contribution in [-0.4, -0.2) is 24.8 Å². The van der Waals surface area contributed by atoms with Gasteiger partial charge in [-0.25, -0.2) is 13.6 Å². The molecule has 0 aromatic carbocycles. The highest BCUT2D eigenvalue weighted by atomic mass is 19.3. The predicted octanol–water partition coefficient (Wildman–Crippen LogP) is 0.977. The summed E-state index contributed by atoms with van der Waals surface area (Å²) in [6, 6.07) is 0. The fourth-order valence-electron chi connectivity index (χ4n) is 0.324. The molecule has 0 aliphatic carbocycles. The topological polar surface area (TPSA) is 43.4 Å². The highest BCUT2D eigenvalue weighted by molar-refractivity contribution is 5.87. The molecule has 0 bridgehead atoms. The normalized spacial score (nSPS) is 10.5. The van der Waals surface area contributed by atoms with Gasteiger partial charge in [-0.1, -0.05) is 0 Å². The Morgan fingerprint density at radius 1 is 1.17 bits per heavy atom. The maximum atomic E-state index is 11.3. The summed E-state index contributed by atoms with van der Waals surface area (Å²) in [4.78, 5) is 20.0. The zero-order valence-electron chi connectivity index (χ0n) is 5.60. The molecule has 12 heavy (non-hydrogen) atoms. The first-order valence-corrected chi connectivity index (χ1v) is 2.74. The quantitative estimate of drug-likeness (QED) is 0.376. The average molecular weight is 188 g/mol. The van der Waals surface area contributed by atoms with E-state index in [-0.39, 0.29) is 0 Å². The first-order valence-electron chi connectivity index (χ1n) is 2.74. The maximum Gasteiger partial charge on any atom is 0.381 e. The summed E-state index contributed by atoms with van der Waals surface area (Å²) in [6.45, 7) is 0. The van der Waals surface area contributed by atoms with E-state index in [4.69, 9.17) is 0 Å². The number of rotatable bonds is 3. The first-order chi connectivity index (χ1) is 5.43. The van der Waals surface area contributed by atoms with Gasteiger partial charge in [0.05, 0.1) is 0 Å². The third-order valence-corrected chi connectivity index (χ3v) is 0.714. The third kappa shape index (κ3) is 4.64. The Morgan fingerprint density at radius 3 is 2.00 bits per heavy atom. The van der Waals surface area contributed by atoms with Crippen LogP contribution in [0.25, 0.3) is 0 Å². The van der Waals surface area contributed by atoms with Gasteiger partial charge < -0.3 is 4.74 Å². The van der Waals surface area contributed by atoms with E-state index >= 15 is 0 Å². The minimum atomic E-state index is -3.48. The largest absolute Gasteiger partial charge is 0.389 e. The summed E-state index contributed by atoms with van der Waals surface area (Å²) in [7, 11) is 0. The molecule has 0 aromatic heterocycles. The molecule has 0 radical (unpaired) electrons. The standard InChI is InChI=1S/C5H4F4O3/c6-2(7)1-3(10)12-5(11)4(8)9/h2,4H,1H2. The summed E-state index contributed by atoms with van der Waals surface area (Å²) < 4.78 is 48.6. The van der Waals surface area contributed by atoms with Crippen molar-refractivity contribution >= 4 is 11.9 Å². The van der Waals surface area contributed by atoms with Crippen LogP contribution in [-0.2, 0) is 14.3 Å². The molecule has 70 valence electrons. The fourth-order valence-corrected chi connectivity index (χ4v) is 0.324. The number of alkyl halides is 4. The van der Waals surface area contributed by atoms with Gasteiger partial charge in [0.15, 0.2) is 0 Å². The molecule has 0 saturated carbocycles. The molecule has 0 aliphatic heterocycles. The first kappa shape index (κ1) is 10.9. The molecule has 0 unspecified atom stereocenters. The van der Waals surface area contributed by atoms with E-state index in [1.165, 1.54) is 0 Å². The zero-order chi connectivity index (χ0) is 9.72. The Bertz CT molecular complexity index is 180. The van der Waals surface area contributed by atoms with Crippen molar-refractivity contribution in [1.82, 2.24) is 0 Å². The van der Waals surface area contributed by atoms with Crippen molar-refractivity contribution in [2.45, 2.75) is 19.3 Å². The molecule has 7 heteroatoms. The van der Waals surface area contributed by atoms with Gasteiger partial charge in [0.1, 0.15) is 6.42 Å². The lowest BCUT2D eigenvalue weighted by Crippen LogP contribution is -2.20. The van der Waals surface area contributed by atoms with Crippen LogP contribution >= 0.6 is 0 Å². The Labute approximate surface area is 64.3 Å². The van der Waals surface area contributed by atoms with E-state index in [2.05, 4.69) is 4.74 Å². The summed E-state index contributed by atoms with van der Waals surface area (Å²) >= 11 is 0. The van der Waals surface area contributed by atoms with Crippen LogP contribution < -0.4 is 0 Å². The number of hydrogen-bond acceptors (Lipinski definition) is 3. The van der Waals surface area contributed by atoms with Gasteiger partial charge >= 0.3 is 18.4 Å². The lowest BCUT2D eigenvalue weighted by molar-refractivity contribution is -0.169. The van der Waals surface area contributed by atoms with Crippen LogP contribution in [0.2, 0.25) is 0 Å². The van der Waals surface area contributed by atoms with Crippen molar-refractivity contribution in [3.8, 4) is 0 Å². The van der Waals surface area contributed by atoms with Crippen molar-refractivity contribution in [2.24, 2.45) is 0 Å². The Hall–Kier alpha value is -1.14. The van der Waals surface area contributed by atoms with Crippen LogP contribution in [0.15, 0.2) is 0 Å². The highest BCUT2D eigenvalue weighted by Gasteiger charge is 2.22. The van der Waals surface area contributed by atoms with Crippen LogP contribution in [0.1, 0.15) is 6.42 Å². The van der Waals surface area contributed by atoms with Gasteiger partial charge in [0.25, 0.3) is 0 Å². The van der Waals surface area contributed by atoms with E-state index in [1.54, 1.807) is 0 Å². The molecule has 0 aliphatic rings. The Morgan fingerprint density at radius 2 is 1.67 bits per heavy atom. The van der Waals surface area contributed by atoms with Crippen molar-refractivity contribution in [2.75, 3.05) is 0 Å². The summed E-state index contributed by atoms with van der Waals surface area (Å²) in [5.74, 6) is -3.77. The van der Waals surface area contributed by atoms with Crippen LogP contribution in [0, 0.1) is 0 Å². The molecule has 0 amide bonds. The molecule has 0 aromatic rings. The van der Waals surface area contributed by atoms with Crippen molar-refractivity contribution in [1.29, 1.82) is 0 Å². The highest BCUT2D eigenvalue weighted by Crippen LogP contribution is 2.03. The van der Waals surface area contributed by atoms with Gasteiger partial charge in [-0.05, 0) is 0 Å². The molecule has 0 fully saturated rings. The SMILES string of the molecule is O=C(CC(F)F)OC(=O)C(F)F. The number of carbonyl (C=O) groups excluding carboxylic acids is 2. The second-order valence-electron chi connectivity index (χ2n) is 1.69. The molecule has 0 spiro atoms. The number of hydrogen-bond donors (Lipinski definition) is 0.